The van der Waals surface area contributed by atoms with Gasteiger partial charge in [0.15, 0.2) is 24.3 Å². The van der Waals surface area contributed by atoms with Crippen molar-refractivity contribution in [3.63, 3.8) is 0 Å². The molecule has 1 saturated heterocycles. The number of nitrogens with one attached hydrogen (secondary N) is 1. The van der Waals surface area contributed by atoms with Crippen molar-refractivity contribution >= 4 is 12.4 Å². The molecule has 0 bridgehead atoms. The molecule has 43 heavy (non-hydrogen) atoms. The van der Waals surface area contributed by atoms with Crippen molar-refractivity contribution in [1.82, 2.24) is 5.32 Å². The predicted octanol–water partition coefficient (Wildman–Crippen LogP) is 4.74. The lowest BCUT2D eigenvalue weighted by Gasteiger charge is -2.38. The normalized spacial score (nSPS) is 16.4. The second-order valence-electron chi connectivity index (χ2n) is 12.3. The molecule has 7 nitrogen and oxygen atoms in total. The van der Waals surface area contributed by atoms with E-state index in [0.29, 0.717) is 13.0 Å². The number of rotatable bonds is 27. The number of pyridine rings is 1. The fraction of sp³-hybridized carbons (Fsp3) is 0.800. The number of methoxy groups -OCH3 is 1. The molecular weight excluding hydrogens is 608 g/mol. The molecule has 1 N–H and O–H groups in total. The minimum atomic E-state index is -1.17. The van der Waals surface area contributed by atoms with Crippen molar-refractivity contribution < 1.29 is 45.3 Å². The summed E-state index contributed by atoms with van der Waals surface area (Å²) in [7, 11) is 1.51. The van der Waals surface area contributed by atoms with Crippen LogP contribution in [-0.4, -0.2) is 51.0 Å². The molecule has 3 unspecified atom stereocenters. The molecule has 2 rings (SSSR count). The molecule has 2 heterocycles. The largest absolute Gasteiger partial charge is 1.00 e. The zero-order valence-corrected chi connectivity index (χ0v) is 28.8. The number of halogens is 1. The van der Waals surface area contributed by atoms with Gasteiger partial charge in [0.1, 0.15) is 13.2 Å². The van der Waals surface area contributed by atoms with Gasteiger partial charge in [-0.2, -0.15) is 0 Å². The Hall–Kier alpha value is -1.51. The number of unbranched alkanes of at least 4 members (excludes halogenated alkanes) is 15. The number of amides is 1. The fourth-order valence-electron chi connectivity index (χ4n) is 5.82. The van der Waals surface area contributed by atoms with E-state index in [2.05, 4.69) is 16.8 Å². The number of hydrogen-bond donors (Lipinski definition) is 1. The van der Waals surface area contributed by atoms with Gasteiger partial charge in [0.05, 0.1) is 6.10 Å². The van der Waals surface area contributed by atoms with Gasteiger partial charge < -0.3 is 36.5 Å². The molecule has 0 radical (unpaired) electrons. The predicted molar refractivity (Wildman–Crippen MR) is 168 cm³/mol. The van der Waals surface area contributed by atoms with E-state index >= 15 is 0 Å². The van der Waals surface area contributed by atoms with Gasteiger partial charge in [-0.15, -0.1) is 0 Å². The SMILES string of the molecule is CCCCCCCCCCCCCCCCCCNC(=O)OCC(C=O)(CC(CC[n+]1ccccc1)C1CCO1)OC.[Br-]. The molecule has 1 aliphatic rings. The van der Waals surface area contributed by atoms with Crippen molar-refractivity contribution in [2.75, 3.05) is 26.9 Å². The Morgan fingerprint density at radius 2 is 1.47 bits per heavy atom. The summed E-state index contributed by atoms with van der Waals surface area (Å²) < 4.78 is 19.0. The van der Waals surface area contributed by atoms with Crippen LogP contribution in [-0.2, 0) is 25.5 Å². The molecule has 0 aliphatic carbocycles. The first-order chi connectivity index (χ1) is 20.6. The zero-order chi connectivity index (χ0) is 30.1. The van der Waals surface area contributed by atoms with Crippen LogP contribution < -0.4 is 26.9 Å². The molecule has 1 amide bonds. The Morgan fingerprint density at radius 3 is 1.93 bits per heavy atom. The van der Waals surface area contributed by atoms with Crippen molar-refractivity contribution in [3.05, 3.63) is 30.6 Å². The first kappa shape index (κ1) is 39.5. The standard InChI is InChI=1S/C35H60N2O5.BrH/c1-3-4-5-6-7-8-9-10-11-12-13-14-15-16-17-19-24-36-34(39)42-31-35(30-38,40-2)29-32(33-23-28-41-33)22-27-37-25-20-18-21-26-37;/h18,20-21,25-26,30,32-33H,3-17,19,22-24,27-29,31H2,1-2H3;1H. The minimum absolute atomic E-state index is 0. The maximum Gasteiger partial charge on any atom is 0.407 e. The number of alkyl carbamates (subject to hydrolysis) is 1. The Kier molecular flexibility index (Phi) is 23.7. The van der Waals surface area contributed by atoms with Crippen molar-refractivity contribution in [1.29, 1.82) is 0 Å². The van der Waals surface area contributed by atoms with Crippen molar-refractivity contribution in [2.24, 2.45) is 5.92 Å². The third-order valence-electron chi connectivity index (χ3n) is 8.77. The van der Waals surface area contributed by atoms with E-state index in [1.54, 1.807) is 0 Å². The summed E-state index contributed by atoms with van der Waals surface area (Å²) >= 11 is 0. The van der Waals surface area contributed by atoms with E-state index in [-0.39, 0.29) is 35.6 Å². The van der Waals surface area contributed by atoms with Crippen LogP contribution in [0.3, 0.4) is 0 Å². The van der Waals surface area contributed by atoms with Crippen molar-refractivity contribution in [2.45, 2.75) is 147 Å². The average Bonchev–Trinajstić information content (AvgIpc) is 2.99. The molecule has 1 aromatic heterocycles. The number of hydrogen-bond acceptors (Lipinski definition) is 5. The lowest BCUT2D eigenvalue weighted by molar-refractivity contribution is -0.698. The van der Waals surface area contributed by atoms with E-state index in [1.165, 1.54) is 97.0 Å². The number of carbonyl (C=O) groups excluding carboxylic acids is 2. The third kappa shape index (κ3) is 18.1. The van der Waals surface area contributed by atoms with Gasteiger partial charge in [-0.3, -0.25) is 4.79 Å². The molecule has 0 aromatic carbocycles. The van der Waals surface area contributed by atoms with Crippen LogP contribution in [0.5, 0.6) is 0 Å². The lowest BCUT2D eigenvalue weighted by atomic mass is 9.83. The van der Waals surface area contributed by atoms with Gasteiger partial charge in [-0.1, -0.05) is 109 Å². The van der Waals surface area contributed by atoms with Gasteiger partial charge in [0.2, 0.25) is 0 Å². The maximum atomic E-state index is 12.3. The second-order valence-corrected chi connectivity index (χ2v) is 12.3. The fourth-order valence-corrected chi connectivity index (χ4v) is 5.82. The van der Waals surface area contributed by atoms with Gasteiger partial charge in [-0.05, 0) is 25.2 Å². The third-order valence-corrected chi connectivity index (χ3v) is 8.77. The molecule has 1 aromatic rings. The van der Waals surface area contributed by atoms with E-state index in [0.717, 1.165) is 45.1 Å². The molecule has 248 valence electrons. The van der Waals surface area contributed by atoms with Gasteiger partial charge in [0.25, 0.3) is 0 Å². The quantitative estimate of drug-likeness (QED) is 0.0833. The molecule has 1 fully saturated rings. The maximum absolute atomic E-state index is 12.3. The van der Waals surface area contributed by atoms with Crippen molar-refractivity contribution in [3.8, 4) is 0 Å². The average molecular weight is 670 g/mol. The Balaban J connectivity index is 0.00000924. The highest BCUT2D eigenvalue weighted by molar-refractivity contribution is 5.68. The van der Waals surface area contributed by atoms with Crippen LogP contribution in [0.25, 0.3) is 0 Å². The summed E-state index contributed by atoms with van der Waals surface area (Å²) in [5.41, 5.74) is -1.17. The zero-order valence-electron chi connectivity index (χ0n) is 27.2. The smallest absolute Gasteiger partial charge is 0.407 e. The second kappa shape index (κ2) is 25.8. The summed E-state index contributed by atoms with van der Waals surface area (Å²) in [6.07, 6.45) is 27.9. The minimum Gasteiger partial charge on any atom is -1.00 e. The number of aromatic nitrogens is 1. The van der Waals surface area contributed by atoms with Crippen LogP contribution >= 0.6 is 0 Å². The summed E-state index contributed by atoms with van der Waals surface area (Å²) in [5, 5.41) is 2.84. The summed E-state index contributed by atoms with van der Waals surface area (Å²) in [5.74, 6) is 0.133. The molecule has 0 spiro atoms. The topological polar surface area (TPSA) is 77.7 Å². The van der Waals surface area contributed by atoms with E-state index in [9.17, 15) is 9.59 Å². The van der Waals surface area contributed by atoms with Gasteiger partial charge in [-0.25, -0.2) is 9.36 Å². The molecule has 0 saturated carbocycles. The number of ether oxygens (including phenoxy) is 3. The summed E-state index contributed by atoms with van der Waals surface area (Å²) in [6, 6.07) is 6.01. The Morgan fingerprint density at radius 1 is 0.930 bits per heavy atom. The van der Waals surface area contributed by atoms with Gasteiger partial charge >= 0.3 is 6.09 Å². The monoisotopic (exact) mass is 668 g/mol. The Labute approximate surface area is 273 Å². The van der Waals surface area contributed by atoms with Crippen LogP contribution in [0.2, 0.25) is 0 Å². The van der Waals surface area contributed by atoms with E-state index in [4.69, 9.17) is 14.2 Å². The number of aldehydes is 1. The first-order valence-electron chi connectivity index (χ1n) is 17.1. The van der Waals surface area contributed by atoms with E-state index < -0.39 is 11.7 Å². The highest BCUT2D eigenvalue weighted by Crippen LogP contribution is 2.31. The van der Waals surface area contributed by atoms with Crippen LogP contribution in [0, 0.1) is 5.92 Å². The molecule has 3 atom stereocenters. The summed E-state index contributed by atoms with van der Waals surface area (Å²) in [6.45, 7) is 4.34. The van der Waals surface area contributed by atoms with E-state index in [1.807, 2.05) is 30.6 Å². The molecule has 1 aliphatic heterocycles. The highest BCUT2D eigenvalue weighted by atomic mass is 79.9. The first-order valence-corrected chi connectivity index (χ1v) is 17.1. The summed E-state index contributed by atoms with van der Waals surface area (Å²) in [4.78, 5) is 24.5. The lowest BCUT2D eigenvalue weighted by Crippen LogP contribution is -3.00. The number of aryl methyl sites for hydroxylation is 1. The van der Waals surface area contributed by atoms with Crippen LogP contribution in [0.1, 0.15) is 129 Å². The van der Waals surface area contributed by atoms with Crippen LogP contribution in [0.15, 0.2) is 30.6 Å². The Bertz CT molecular complexity index is 811. The molecular formula is C35H61BrN2O5. The molecule has 8 heteroatoms. The number of nitrogens with zero attached hydrogens (tertiary/aromatic N) is 1. The van der Waals surface area contributed by atoms with Gasteiger partial charge in [0, 0.05) is 38.8 Å². The highest BCUT2D eigenvalue weighted by Gasteiger charge is 2.40. The number of carbonyl (C=O) groups is 2. The van der Waals surface area contributed by atoms with Crippen LogP contribution in [0.4, 0.5) is 4.79 Å².